The highest BCUT2D eigenvalue weighted by molar-refractivity contribution is 7.08. The van der Waals surface area contributed by atoms with Crippen LogP contribution < -0.4 is 16.2 Å². The molecule has 4 rings (SSSR count). The zero-order valence-electron chi connectivity index (χ0n) is 17.7. The van der Waals surface area contributed by atoms with Gasteiger partial charge in [-0.05, 0) is 11.1 Å². The smallest absolute Gasteiger partial charge is 0.358 e. The van der Waals surface area contributed by atoms with Crippen molar-refractivity contribution in [2.75, 3.05) is 11.9 Å². The van der Waals surface area contributed by atoms with E-state index in [9.17, 15) is 24.6 Å². The molecule has 10 heteroatoms. The van der Waals surface area contributed by atoms with Crippen LogP contribution in [0, 0.1) is 0 Å². The molecule has 4 aromatic rings. The molecule has 2 amide bonds. The molecule has 0 unspecified atom stereocenters. The van der Waals surface area contributed by atoms with Gasteiger partial charge in [-0.2, -0.15) is 0 Å². The molecule has 0 aliphatic heterocycles. The maximum absolute atomic E-state index is 12.7. The third-order valence-corrected chi connectivity index (χ3v) is 5.88. The lowest BCUT2D eigenvalue weighted by Crippen LogP contribution is -2.32. The van der Waals surface area contributed by atoms with Crippen LogP contribution in [0.5, 0.6) is 5.75 Å². The molecule has 0 atom stereocenters. The molecule has 5 N–H and O–H groups in total. The van der Waals surface area contributed by atoms with Crippen LogP contribution in [0.3, 0.4) is 0 Å². The fourth-order valence-electron chi connectivity index (χ4n) is 3.48. The number of H-pyrrole nitrogens is 1. The second kappa shape index (κ2) is 10.0. The predicted molar refractivity (Wildman–Crippen MR) is 129 cm³/mol. The average molecular weight is 477 g/mol. The number of carbonyl (C=O) groups excluding carboxylic acids is 1. The number of amides is 2. The lowest BCUT2D eigenvalue weighted by atomic mass is 9.91. The number of hydrogen-bond acceptors (Lipinski definition) is 6. The highest BCUT2D eigenvalue weighted by Crippen LogP contribution is 2.30. The predicted octanol–water partition coefficient (Wildman–Crippen LogP) is 3.86. The fourth-order valence-corrected chi connectivity index (χ4v) is 4.25. The van der Waals surface area contributed by atoms with Crippen LogP contribution in [-0.2, 0) is 0 Å². The molecular formula is C24H20N4O5S. The van der Waals surface area contributed by atoms with Crippen LogP contribution in [0.2, 0.25) is 0 Å². The molecule has 172 valence electrons. The van der Waals surface area contributed by atoms with Crippen LogP contribution in [0.4, 0.5) is 10.5 Å². The van der Waals surface area contributed by atoms with Crippen LogP contribution in [0.1, 0.15) is 27.5 Å². The number of anilines is 1. The van der Waals surface area contributed by atoms with Crippen molar-refractivity contribution < 1.29 is 19.8 Å². The van der Waals surface area contributed by atoms with Gasteiger partial charge in [-0.1, -0.05) is 60.7 Å². The second-order valence-corrected chi connectivity index (χ2v) is 8.07. The Morgan fingerprint density at radius 2 is 1.62 bits per heavy atom. The molecule has 0 fully saturated rings. The molecule has 2 heterocycles. The topological polar surface area (TPSA) is 144 Å². The first-order chi connectivity index (χ1) is 16.4. The number of nitrogens with zero attached hydrogens (tertiary/aromatic N) is 1. The summed E-state index contributed by atoms with van der Waals surface area (Å²) in [7, 11) is 0. The first-order valence-electron chi connectivity index (χ1n) is 10.2. The van der Waals surface area contributed by atoms with Gasteiger partial charge in [-0.25, -0.2) is 14.6 Å². The van der Waals surface area contributed by atoms with Gasteiger partial charge in [0.2, 0.25) is 5.75 Å². The summed E-state index contributed by atoms with van der Waals surface area (Å²) < 4.78 is 0. The molecule has 0 aliphatic carbocycles. The number of aromatic hydroxyl groups is 1. The summed E-state index contributed by atoms with van der Waals surface area (Å²) in [6.45, 7) is 0.330. The molecule has 0 aliphatic rings. The van der Waals surface area contributed by atoms with E-state index in [1.807, 2.05) is 60.7 Å². The lowest BCUT2D eigenvalue weighted by Gasteiger charge is -2.19. The SMILES string of the molecule is O=C(NCC(c1ccccc1)c1ccccc1)Nc1cscc1-c1nc(C(=O)O)c(O)c(=O)[nH]1. The summed E-state index contributed by atoms with van der Waals surface area (Å²) in [6.07, 6.45) is 0. The maximum atomic E-state index is 12.7. The number of urea groups is 1. The van der Waals surface area contributed by atoms with Crippen molar-refractivity contribution in [3.05, 3.63) is 98.6 Å². The monoisotopic (exact) mass is 476 g/mol. The number of carbonyl (C=O) groups is 2. The number of thiophene rings is 1. The number of carboxylic acid groups (broad SMARTS) is 1. The van der Waals surface area contributed by atoms with Crippen molar-refractivity contribution >= 4 is 29.0 Å². The third kappa shape index (κ3) is 4.97. The summed E-state index contributed by atoms with van der Waals surface area (Å²) >= 11 is 1.23. The normalized spacial score (nSPS) is 10.7. The Balaban J connectivity index is 1.52. The number of benzene rings is 2. The van der Waals surface area contributed by atoms with Crippen LogP contribution >= 0.6 is 11.3 Å². The average Bonchev–Trinajstić information content (AvgIpc) is 3.30. The summed E-state index contributed by atoms with van der Waals surface area (Å²) in [5, 5.41) is 27.7. The number of rotatable bonds is 7. The van der Waals surface area contributed by atoms with E-state index >= 15 is 0 Å². The minimum atomic E-state index is -1.54. The van der Waals surface area contributed by atoms with Crippen molar-refractivity contribution in [2.45, 2.75) is 5.92 Å². The zero-order chi connectivity index (χ0) is 24.1. The molecule has 2 aromatic carbocycles. The summed E-state index contributed by atoms with van der Waals surface area (Å²) in [5.74, 6) is -2.67. The number of aromatic carboxylic acids is 1. The van der Waals surface area contributed by atoms with Gasteiger partial charge < -0.3 is 25.8 Å². The van der Waals surface area contributed by atoms with Gasteiger partial charge in [0.1, 0.15) is 5.82 Å². The Hall–Kier alpha value is -4.44. The van der Waals surface area contributed by atoms with Crippen molar-refractivity contribution in [3.63, 3.8) is 0 Å². The van der Waals surface area contributed by atoms with Crippen molar-refractivity contribution in [1.82, 2.24) is 15.3 Å². The van der Waals surface area contributed by atoms with E-state index < -0.39 is 29.0 Å². The van der Waals surface area contributed by atoms with Gasteiger partial charge in [-0.15, -0.1) is 11.3 Å². The number of aromatic nitrogens is 2. The molecule has 0 bridgehead atoms. The van der Waals surface area contributed by atoms with Crippen molar-refractivity contribution in [1.29, 1.82) is 0 Å². The molecule has 0 radical (unpaired) electrons. The summed E-state index contributed by atoms with van der Waals surface area (Å²) in [4.78, 5) is 42.1. The van der Waals surface area contributed by atoms with Gasteiger partial charge in [-0.3, -0.25) is 4.79 Å². The number of hydrogen-bond donors (Lipinski definition) is 5. The van der Waals surface area contributed by atoms with Gasteiger partial charge in [0, 0.05) is 23.2 Å². The van der Waals surface area contributed by atoms with Gasteiger partial charge in [0.05, 0.1) is 11.3 Å². The molecule has 0 saturated heterocycles. The number of nitrogens with one attached hydrogen (secondary N) is 3. The van der Waals surface area contributed by atoms with Crippen LogP contribution in [0.15, 0.2) is 76.2 Å². The molecular weight excluding hydrogens is 456 g/mol. The minimum Gasteiger partial charge on any atom is -0.501 e. The van der Waals surface area contributed by atoms with E-state index in [2.05, 4.69) is 20.6 Å². The standard InChI is InChI=1S/C24H20N4O5S/c29-20-19(23(31)32)27-21(28-22(20)30)17-12-34-13-18(17)26-24(33)25-11-16(14-7-3-1-4-8-14)15-9-5-2-6-10-15/h1-10,12-13,16,29H,11H2,(H,31,32)(H2,25,26,33)(H,27,28,30). The lowest BCUT2D eigenvalue weighted by molar-refractivity contribution is 0.0686. The Kier molecular flexibility index (Phi) is 6.69. The van der Waals surface area contributed by atoms with Crippen LogP contribution in [0.25, 0.3) is 11.4 Å². The molecule has 9 nitrogen and oxygen atoms in total. The maximum Gasteiger partial charge on any atom is 0.358 e. The second-order valence-electron chi connectivity index (χ2n) is 7.33. The summed E-state index contributed by atoms with van der Waals surface area (Å²) in [6, 6.07) is 19.2. The molecule has 0 saturated carbocycles. The first-order valence-corrected chi connectivity index (χ1v) is 11.2. The molecule has 2 aromatic heterocycles. The molecule has 0 spiro atoms. The quantitative estimate of drug-likeness (QED) is 0.274. The van der Waals surface area contributed by atoms with Crippen LogP contribution in [-0.4, -0.2) is 38.7 Å². The zero-order valence-corrected chi connectivity index (χ0v) is 18.5. The van der Waals surface area contributed by atoms with E-state index in [0.29, 0.717) is 17.8 Å². The summed E-state index contributed by atoms with van der Waals surface area (Å²) in [5.41, 5.74) is 1.01. The highest BCUT2D eigenvalue weighted by atomic mass is 32.1. The van der Waals surface area contributed by atoms with Gasteiger partial charge in [0.25, 0.3) is 5.56 Å². The number of carboxylic acids is 1. The van der Waals surface area contributed by atoms with E-state index in [0.717, 1.165) is 11.1 Å². The van der Waals surface area contributed by atoms with E-state index in [1.165, 1.54) is 11.3 Å². The van der Waals surface area contributed by atoms with E-state index in [1.54, 1.807) is 10.8 Å². The Bertz CT molecular complexity index is 1330. The van der Waals surface area contributed by atoms with Gasteiger partial charge >= 0.3 is 12.0 Å². The van der Waals surface area contributed by atoms with Crippen molar-refractivity contribution in [2.24, 2.45) is 0 Å². The fraction of sp³-hybridized carbons (Fsp3) is 0.0833. The third-order valence-electron chi connectivity index (χ3n) is 5.13. The number of aromatic amines is 1. The Morgan fingerprint density at radius 3 is 2.21 bits per heavy atom. The Morgan fingerprint density at radius 1 is 1.00 bits per heavy atom. The van der Waals surface area contributed by atoms with Gasteiger partial charge in [0.15, 0.2) is 5.69 Å². The Labute approximate surface area is 197 Å². The first kappa shape index (κ1) is 22.7. The van der Waals surface area contributed by atoms with E-state index in [-0.39, 0.29) is 11.7 Å². The minimum absolute atomic E-state index is 0.0664. The van der Waals surface area contributed by atoms with Crippen molar-refractivity contribution in [3.8, 4) is 17.1 Å². The highest BCUT2D eigenvalue weighted by Gasteiger charge is 2.20. The van der Waals surface area contributed by atoms with E-state index in [4.69, 9.17) is 0 Å². The largest absolute Gasteiger partial charge is 0.501 e. The molecule has 34 heavy (non-hydrogen) atoms.